The summed E-state index contributed by atoms with van der Waals surface area (Å²) in [4.78, 5) is 15.4. The third-order valence-corrected chi connectivity index (χ3v) is 2.33. The van der Waals surface area contributed by atoms with E-state index in [2.05, 4.69) is 15.0 Å². The van der Waals surface area contributed by atoms with Crippen LogP contribution in [0.3, 0.4) is 0 Å². The van der Waals surface area contributed by atoms with Crippen molar-refractivity contribution in [3.05, 3.63) is 17.8 Å². The number of carbonyl (C=O) groups excluding carboxylic acids is 1. The van der Waals surface area contributed by atoms with Gasteiger partial charge in [-0.3, -0.25) is 0 Å². The maximum Gasteiger partial charge on any atom is 0.356 e. The van der Waals surface area contributed by atoms with Crippen molar-refractivity contribution in [1.82, 2.24) is 4.98 Å². The number of nitrogens with two attached hydrogens (primary N) is 1. The minimum Gasteiger partial charge on any atom is -0.464 e. The molecule has 100 valence electrons. The topological polar surface area (TPSA) is 86.5 Å². The summed E-state index contributed by atoms with van der Waals surface area (Å²) in [5.74, 6) is -0.0274. The van der Waals surface area contributed by atoms with Crippen LogP contribution in [0.5, 0.6) is 0 Å². The van der Waals surface area contributed by atoms with Crippen LogP contribution in [0.4, 0.5) is 11.5 Å². The molecule has 0 amide bonds. The quantitative estimate of drug-likeness (QED) is 0.743. The number of ether oxygens (including phenoxy) is 2. The molecule has 0 fully saturated rings. The van der Waals surface area contributed by atoms with Gasteiger partial charge in [0.2, 0.25) is 0 Å². The van der Waals surface area contributed by atoms with Crippen molar-refractivity contribution in [3.8, 4) is 0 Å². The van der Waals surface area contributed by atoms with Gasteiger partial charge < -0.3 is 20.5 Å². The largest absolute Gasteiger partial charge is 0.464 e. The zero-order chi connectivity index (χ0) is 13.5. The molecule has 6 heteroatoms. The zero-order valence-corrected chi connectivity index (χ0v) is 10.9. The fraction of sp³-hybridized carbons (Fsp3) is 0.500. The van der Waals surface area contributed by atoms with Gasteiger partial charge in [0.25, 0.3) is 0 Å². The predicted octanol–water partition coefficient (Wildman–Crippen LogP) is 1.29. The van der Waals surface area contributed by atoms with Gasteiger partial charge in [0.1, 0.15) is 5.82 Å². The summed E-state index contributed by atoms with van der Waals surface area (Å²) in [5.41, 5.74) is 6.47. The lowest BCUT2D eigenvalue weighted by Crippen LogP contribution is -2.21. The van der Waals surface area contributed by atoms with Gasteiger partial charge in [-0.25, -0.2) is 9.78 Å². The average Bonchev–Trinajstić information content (AvgIpc) is 2.37. The number of pyridine rings is 1. The minimum atomic E-state index is -0.490. The summed E-state index contributed by atoms with van der Waals surface area (Å²) in [5, 5.41) is 3.05. The van der Waals surface area contributed by atoms with Gasteiger partial charge in [0.05, 0.1) is 18.9 Å². The Kier molecular flexibility index (Phi) is 5.38. The molecule has 1 aromatic heterocycles. The Balaban J connectivity index is 2.72. The Morgan fingerprint density at radius 1 is 1.56 bits per heavy atom. The second-order valence-electron chi connectivity index (χ2n) is 3.77. The van der Waals surface area contributed by atoms with Crippen molar-refractivity contribution in [3.63, 3.8) is 0 Å². The van der Waals surface area contributed by atoms with E-state index >= 15 is 0 Å². The molecule has 18 heavy (non-hydrogen) atoms. The monoisotopic (exact) mass is 253 g/mol. The van der Waals surface area contributed by atoms with Gasteiger partial charge in [-0.15, -0.1) is 0 Å². The smallest absolute Gasteiger partial charge is 0.356 e. The standard InChI is InChI=1S/C12H19N3O3/c1-4-18-8(2)7-14-11-9(13)5-6-10(15-11)12(16)17-3/h5-6,8H,4,7,13H2,1-3H3,(H,14,15). The third-order valence-electron chi connectivity index (χ3n) is 2.33. The van der Waals surface area contributed by atoms with Crippen LogP contribution in [-0.4, -0.2) is 37.3 Å². The van der Waals surface area contributed by atoms with E-state index in [1.165, 1.54) is 13.2 Å². The second kappa shape index (κ2) is 6.80. The lowest BCUT2D eigenvalue weighted by Gasteiger charge is -2.14. The summed E-state index contributed by atoms with van der Waals surface area (Å²) >= 11 is 0. The van der Waals surface area contributed by atoms with Gasteiger partial charge in [0, 0.05) is 13.2 Å². The van der Waals surface area contributed by atoms with Gasteiger partial charge in [-0.2, -0.15) is 0 Å². The first kappa shape index (κ1) is 14.2. The Morgan fingerprint density at radius 3 is 2.89 bits per heavy atom. The Bertz CT molecular complexity index is 410. The Hall–Kier alpha value is -1.82. The number of anilines is 2. The highest BCUT2D eigenvalue weighted by Gasteiger charge is 2.11. The molecule has 1 atom stereocenters. The first-order valence-electron chi connectivity index (χ1n) is 5.78. The fourth-order valence-electron chi connectivity index (χ4n) is 1.41. The molecule has 3 N–H and O–H groups in total. The van der Waals surface area contributed by atoms with Gasteiger partial charge in [-0.05, 0) is 26.0 Å². The molecule has 0 aliphatic rings. The van der Waals surface area contributed by atoms with E-state index < -0.39 is 5.97 Å². The van der Waals surface area contributed by atoms with E-state index in [9.17, 15) is 4.79 Å². The van der Waals surface area contributed by atoms with Crippen LogP contribution in [0, 0.1) is 0 Å². The van der Waals surface area contributed by atoms with Crippen LogP contribution in [-0.2, 0) is 9.47 Å². The number of aromatic nitrogens is 1. The van der Waals surface area contributed by atoms with Gasteiger partial charge in [0.15, 0.2) is 5.69 Å². The average molecular weight is 253 g/mol. The number of hydrogen-bond donors (Lipinski definition) is 2. The van der Waals surface area contributed by atoms with E-state index in [0.29, 0.717) is 24.7 Å². The van der Waals surface area contributed by atoms with Gasteiger partial charge in [-0.1, -0.05) is 0 Å². The number of rotatable bonds is 6. The highest BCUT2D eigenvalue weighted by Crippen LogP contribution is 2.16. The van der Waals surface area contributed by atoms with Crippen molar-refractivity contribution in [1.29, 1.82) is 0 Å². The van der Waals surface area contributed by atoms with Crippen LogP contribution in [0.2, 0.25) is 0 Å². The van der Waals surface area contributed by atoms with Crippen molar-refractivity contribution in [2.75, 3.05) is 31.3 Å². The van der Waals surface area contributed by atoms with E-state index in [-0.39, 0.29) is 11.8 Å². The highest BCUT2D eigenvalue weighted by atomic mass is 16.5. The summed E-state index contributed by atoms with van der Waals surface area (Å²) in [6, 6.07) is 3.14. The normalized spacial score (nSPS) is 11.9. The van der Waals surface area contributed by atoms with Crippen molar-refractivity contribution in [2.24, 2.45) is 0 Å². The van der Waals surface area contributed by atoms with Gasteiger partial charge >= 0.3 is 5.97 Å². The molecule has 0 radical (unpaired) electrons. The number of nitrogens with zero attached hydrogens (tertiary/aromatic N) is 1. The van der Waals surface area contributed by atoms with Crippen molar-refractivity contribution < 1.29 is 14.3 Å². The lowest BCUT2D eigenvalue weighted by molar-refractivity contribution is 0.0594. The fourth-order valence-corrected chi connectivity index (χ4v) is 1.41. The van der Waals surface area contributed by atoms with E-state index in [4.69, 9.17) is 10.5 Å². The third kappa shape index (κ3) is 3.89. The zero-order valence-electron chi connectivity index (χ0n) is 10.9. The lowest BCUT2D eigenvalue weighted by atomic mass is 10.3. The molecule has 1 rings (SSSR count). The van der Waals surface area contributed by atoms with E-state index in [0.717, 1.165) is 0 Å². The van der Waals surface area contributed by atoms with Crippen LogP contribution >= 0.6 is 0 Å². The number of carbonyl (C=O) groups is 1. The van der Waals surface area contributed by atoms with E-state index in [1.807, 2.05) is 13.8 Å². The first-order valence-corrected chi connectivity index (χ1v) is 5.78. The summed E-state index contributed by atoms with van der Waals surface area (Å²) < 4.78 is 9.98. The maximum absolute atomic E-state index is 11.3. The first-order chi connectivity index (χ1) is 8.58. The number of esters is 1. The SMILES string of the molecule is CCOC(C)CNc1nc(C(=O)OC)ccc1N. The molecule has 0 saturated carbocycles. The molecule has 6 nitrogen and oxygen atoms in total. The molecule has 0 aromatic carbocycles. The molecule has 0 saturated heterocycles. The Morgan fingerprint density at radius 2 is 2.28 bits per heavy atom. The molecular weight excluding hydrogens is 234 g/mol. The number of hydrogen-bond acceptors (Lipinski definition) is 6. The molecule has 0 aliphatic heterocycles. The number of nitrogens with one attached hydrogen (secondary N) is 1. The number of methoxy groups -OCH3 is 1. The summed E-state index contributed by atoms with van der Waals surface area (Å²) in [6.45, 7) is 5.08. The molecule has 0 aliphatic carbocycles. The molecule has 0 spiro atoms. The van der Waals surface area contributed by atoms with Crippen LogP contribution in [0.25, 0.3) is 0 Å². The number of nitrogen functional groups attached to an aromatic ring is 1. The summed E-state index contributed by atoms with van der Waals surface area (Å²) in [6.07, 6.45) is 0.0398. The van der Waals surface area contributed by atoms with Crippen LogP contribution in [0.1, 0.15) is 24.3 Å². The molecule has 1 unspecified atom stereocenters. The highest BCUT2D eigenvalue weighted by molar-refractivity contribution is 5.88. The molecular formula is C12H19N3O3. The summed E-state index contributed by atoms with van der Waals surface area (Å²) in [7, 11) is 1.31. The minimum absolute atomic E-state index is 0.0398. The predicted molar refractivity (Wildman–Crippen MR) is 69.6 cm³/mol. The van der Waals surface area contributed by atoms with Crippen LogP contribution < -0.4 is 11.1 Å². The maximum atomic E-state index is 11.3. The Labute approximate surface area is 106 Å². The molecule has 1 aromatic rings. The second-order valence-corrected chi connectivity index (χ2v) is 3.77. The van der Waals surface area contributed by atoms with Crippen molar-refractivity contribution in [2.45, 2.75) is 20.0 Å². The van der Waals surface area contributed by atoms with Crippen molar-refractivity contribution >= 4 is 17.5 Å². The van der Waals surface area contributed by atoms with Crippen LogP contribution in [0.15, 0.2) is 12.1 Å². The molecule has 0 bridgehead atoms. The molecule has 1 heterocycles. The van der Waals surface area contributed by atoms with E-state index in [1.54, 1.807) is 6.07 Å².